The van der Waals surface area contributed by atoms with Gasteiger partial charge >= 0.3 is 0 Å². The highest BCUT2D eigenvalue weighted by Crippen LogP contribution is 2.44. The van der Waals surface area contributed by atoms with Gasteiger partial charge in [0.05, 0.1) is 19.1 Å². The molecule has 4 aromatic carbocycles. The lowest BCUT2D eigenvalue weighted by Crippen LogP contribution is -2.37. The molecule has 0 fully saturated rings. The molecule has 1 atom stereocenters. The van der Waals surface area contributed by atoms with E-state index in [9.17, 15) is 5.11 Å². The van der Waals surface area contributed by atoms with Gasteiger partial charge in [0.1, 0.15) is 16.9 Å². The van der Waals surface area contributed by atoms with Gasteiger partial charge in [-0.3, -0.25) is 0 Å². The maximum absolute atomic E-state index is 12.2. The molecule has 0 radical (unpaired) electrons. The molecule has 0 spiro atoms. The van der Waals surface area contributed by atoms with Crippen molar-refractivity contribution in [3.63, 3.8) is 0 Å². The van der Waals surface area contributed by atoms with Crippen molar-refractivity contribution in [3.8, 4) is 5.75 Å². The minimum atomic E-state index is -1.19. The number of fused-ring (bicyclic) bond motifs is 1. The Morgan fingerprint density at radius 1 is 0.811 bits per heavy atom. The van der Waals surface area contributed by atoms with Crippen molar-refractivity contribution in [2.24, 2.45) is 0 Å². The molecular weight excluding hydrogens is 456 g/mol. The first kappa shape index (κ1) is 23.3. The molecule has 1 aliphatic carbocycles. The van der Waals surface area contributed by atoms with E-state index < -0.39 is 11.1 Å². The first-order valence-corrected chi connectivity index (χ1v) is 12.8. The second kappa shape index (κ2) is 9.38. The average molecular weight is 487 g/mol. The van der Waals surface area contributed by atoms with Crippen LogP contribution in [0.5, 0.6) is 5.75 Å². The quantitative estimate of drug-likeness (QED) is 0.286. The normalized spacial score (nSPS) is 17.2. The van der Waals surface area contributed by atoms with Crippen molar-refractivity contribution in [3.05, 3.63) is 155 Å². The summed E-state index contributed by atoms with van der Waals surface area (Å²) in [6, 6.07) is 37.5. The summed E-state index contributed by atoms with van der Waals surface area (Å²) in [6.45, 7) is 0. The number of hydrogen-bond donors (Lipinski definition) is 1. The van der Waals surface area contributed by atoms with Crippen LogP contribution < -0.4 is 4.74 Å². The molecule has 0 saturated heterocycles. The third-order valence-corrected chi connectivity index (χ3v) is 7.72. The van der Waals surface area contributed by atoms with Crippen LogP contribution in [-0.2, 0) is 17.6 Å². The van der Waals surface area contributed by atoms with E-state index in [1.807, 2.05) is 42.9 Å². The summed E-state index contributed by atoms with van der Waals surface area (Å²) in [4.78, 5) is 4.88. The number of benzene rings is 4. The predicted octanol–water partition coefficient (Wildman–Crippen LogP) is 6.30. The summed E-state index contributed by atoms with van der Waals surface area (Å²) in [7, 11) is 1.66. The molecule has 5 aromatic rings. The number of aliphatic hydroxyl groups is 1. The lowest BCUT2D eigenvalue weighted by Gasteiger charge is -2.38. The summed E-state index contributed by atoms with van der Waals surface area (Å²) >= 11 is 0. The minimum absolute atomic E-state index is 0.610. The van der Waals surface area contributed by atoms with Crippen LogP contribution in [0.25, 0.3) is 0 Å². The molecule has 4 nitrogen and oxygen atoms in total. The molecule has 0 amide bonds. The van der Waals surface area contributed by atoms with Crippen LogP contribution in [0.15, 0.2) is 122 Å². The summed E-state index contributed by atoms with van der Waals surface area (Å²) in [5, 5.41) is 12.2. The predicted molar refractivity (Wildman–Crippen MR) is 146 cm³/mol. The molecule has 184 valence electrons. The van der Waals surface area contributed by atoms with Crippen molar-refractivity contribution in [2.75, 3.05) is 7.11 Å². The first-order chi connectivity index (χ1) is 18.2. The minimum Gasteiger partial charge on any atom is -0.497 e. The molecule has 0 saturated carbocycles. The number of ether oxygens (including phenoxy) is 1. The molecule has 1 N–H and O–H groups in total. The molecular formula is C33H30N2O2. The van der Waals surface area contributed by atoms with Gasteiger partial charge in [0.25, 0.3) is 0 Å². The second-order valence-electron chi connectivity index (χ2n) is 9.71. The van der Waals surface area contributed by atoms with Crippen LogP contribution in [0.4, 0.5) is 0 Å². The third kappa shape index (κ3) is 3.76. The Morgan fingerprint density at radius 3 is 1.92 bits per heavy atom. The smallest absolute Gasteiger partial charge is 0.133 e. The van der Waals surface area contributed by atoms with Gasteiger partial charge in [-0.2, -0.15) is 0 Å². The van der Waals surface area contributed by atoms with Crippen LogP contribution in [0.1, 0.15) is 46.4 Å². The van der Waals surface area contributed by atoms with E-state index in [2.05, 4.69) is 83.4 Å². The highest BCUT2D eigenvalue weighted by Gasteiger charge is 2.42. The second-order valence-corrected chi connectivity index (χ2v) is 9.71. The molecule has 1 unspecified atom stereocenters. The van der Waals surface area contributed by atoms with Crippen LogP contribution in [0.3, 0.4) is 0 Å². The standard InChI is InChI=1S/C33H30N2O2/c1-37-29-20-19-25-12-11-21-32(36,30(25)22-29)31-23-35(24-34-31)33(26-13-5-2-6-14-26,27-15-7-3-8-16-27)28-17-9-4-10-18-28/h2-10,13-20,22-24,36H,11-12,21H2,1H3. The van der Waals surface area contributed by atoms with Crippen molar-refractivity contribution in [1.29, 1.82) is 0 Å². The van der Waals surface area contributed by atoms with Gasteiger partial charge in [0.15, 0.2) is 0 Å². The number of imidazole rings is 1. The molecule has 1 aliphatic rings. The summed E-state index contributed by atoms with van der Waals surface area (Å²) in [5.74, 6) is 0.741. The molecule has 37 heavy (non-hydrogen) atoms. The SMILES string of the molecule is COc1ccc2c(c1)C(O)(c1cn(C(c3ccccc3)(c3ccccc3)c3ccccc3)cn1)CCC2. The summed E-state index contributed by atoms with van der Waals surface area (Å²) in [5.41, 5.74) is 4.17. The number of nitrogens with zero attached hydrogens (tertiary/aromatic N) is 2. The Labute approximate surface area is 217 Å². The average Bonchev–Trinajstić information content (AvgIpc) is 3.47. The first-order valence-electron chi connectivity index (χ1n) is 12.8. The Balaban J connectivity index is 1.60. The van der Waals surface area contributed by atoms with Gasteiger partial charge in [0, 0.05) is 6.20 Å². The van der Waals surface area contributed by atoms with Gasteiger partial charge in [0.2, 0.25) is 0 Å². The number of methoxy groups -OCH3 is 1. The zero-order valence-electron chi connectivity index (χ0n) is 20.9. The van der Waals surface area contributed by atoms with Crippen molar-refractivity contribution < 1.29 is 9.84 Å². The molecule has 1 heterocycles. The third-order valence-electron chi connectivity index (χ3n) is 7.72. The van der Waals surface area contributed by atoms with E-state index >= 15 is 0 Å². The van der Waals surface area contributed by atoms with E-state index in [4.69, 9.17) is 9.72 Å². The van der Waals surface area contributed by atoms with E-state index in [-0.39, 0.29) is 0 Å². The summed E-state index contributed by atoms with van der Waals surface area (Å²) in [6.07, 6.45) is 6.34. The highest BCUT2D eigenvalue weighted by molar-refractivity contribution is 5.51. The highest BCUT2D eigenvalue weighted by atomic mass is 16.5. The molecule has 0 bridgehead atoms. The van der Waals surface area contributed by atoms with E-state index in [1.165, 1.54) is 0 Å². The van der Waals surface area contributed by atoms with Crippen molar-refractivity contribution in [2.45, 2.75) is 30.4 Å². The van der Waals surface area contributed by atoms with Crippen LogP contribution >= 0.6 is 0 Å². The van der Waals surface area contributed by atoms with Crippen LogP contribution in [-0.4, -0.2) is 21.8 Å². The Hall–Kier alpha value is -4.15. The Kier molecular flexibility index (Phi) is 5.90. The fraction of sp³-hybridized carbons (Fsp3) is 0.182. The maximum atomic E-state index is 12.2. The van der Waals surface area contributed by atoms with Gasteiger partial charge in [-0.1, -0.05) is 97.1 Å². The van der Waals surface area contributed by atoms with Gasteiger partial charge in [-0.25, -0.2) is 4.98 Å². The maximum Gasteiger partial charge on any atom is 0.133 e. The Morgan fingerprint density at radius 2 is 1.38 bits per heavy atom. The molecule has 6 rings (SSSR count). The van der Waals surface area contributed by atoms with Crippen LogP contribution in [0.2, 0.25) is 0 Å². The van der Waals surface area contributed by atoms with Crippen molar-refractivity contribution >= 4 is 0 Å². The van der Waals surface area contributed by atoms with E-state index in [1.54, 1.807) is 7.11 Å². The Bertz CT molecular complexity index is 1400. The van der Waals surface area contributed by atoms with E-state index in [0.717, 1.165) is 46.4 Å². The molecule has 0 aliphatic heterocycles. The monoisotopic (exact) mass is 486 g/mol. The number of rotatable bonds is 6. The van der Waals surface area contributed by atoms with Gasteiger partial charge in [-0.05, 0) is 59.2 Å². The van der Waals surface area contributed by atoms with Gasteiger partial charge < -0.3 is 14.4 Å². The van der Waals surface area contributed by atoms with Crippen molar-refractivity contribution in [1.82, 2.24) is 9.55 Å². The number of hydrogen-bond acceptors (Lipinski definition) is 3. The fourth-order valence-electron chi connectivity index (χ4n) is 5.93. The number of aromatic nitrogens is 2. The van der Waals surface area contributed by atoms with E-state index in [0.29, 0.717) is 12.1 Å². The van der Waals surface area contributed by atoms with Gasteiger partial charge in [-0.15, -0.1) is 0 Å². The lowest BCUT2D eigenvalue weighted by molar-refractivity contribution is 0.0571. The number of aryl methyl sites for hydroxylation is 1. The summed E-state index contributed by atoms with van der Waals surface area (Å²) < 4.78 is 7.67. The molecule has 1 aromatic heterocycles. The zero-order chi connectivity index (χ0) is 25.3. The topological polar surface area (TPSA) is 47.3 Å². The van der Waals surface area contributed by atoms with Crippen LogP contribution in [0, 0.1) is 0 Å². The lowest BCUT2D eigenvalue weighted by atomic mass is 9.76. The largest absolute Gasteiger partial charge is 0.497 e. The molecule has 4 heteroatoms. The zero-order valence-corrected chi connectivity index (χ0v) is 20.9. The fourth-order valence-corrected chi connectivity index (χ4v) is 5.93.